The van der Waals surface area contributed by atoms with Gasteiger partial charge < -0.3 is 20.1 Å². The lowest BCUT2D eigenvalue weighted by atomic mass is 9.65. The molecule has 0 unspecified atom stereocenters. The van der Waals surface area contributed by atoms with Gasteiger partial charge in [0.25, 0.3) is 0 Å². The van der Waals surface area contributed by atoms with E-state index in [0.29, 0.717) is 19.3 Å². The van der Waals surface area contributed by atoms with Crippen LogP contribution in [0.25, 0.3) is 0 Å². The van der Waals surface area contributed by atoms with Gasteiger partial charge >= 0.3 is 0 Å². The van der Waals surface area contributed by atoms with Crippen LogP contribution in [-0.4, -0.2) is 44.8 Å². The molecular weight excluding hydrogens is 544 g/mol. The lowest BCUT2D eigenvalue weighted by molar-refractivity contribution is -0.0683. The lowest BCUT2D eigenvalue weighted by Gasteiger charge is -2.44. The number of allylic oxidation sites excluding steroid dienone is 13. The fourth-order valence-corrected chi connectivity index (χ4v) is 7.21. The number of ether oxygens (including phenoxy) is 1. The third-order valence-electron chi connectivity index (χ3n) is 9.13. The quantitative estimate of drug-likeness (QED) is 0.148. The Morgan fingerprint density at radius 2 is 1.25 bits per heavy atom. The van der Waals surface area contributed by atoms with Crippen molar-refractivity contribution in [3.05, 3.63) is 112 Å². The van der Waals surface area contributed by atoms with Gasteiger partial charge in [-0.05, 0) is 94.1 Å². The molecule has 4 nitrogen and oxygen atoms in total. The summed E-state index contributed by atoms with van der Waals surface area (Å²) in [6.45, 7) is 20.7. The van der Waals surface area contributed by atoms with Crippen molar-refractivity contribution in [1.82, 2.24) is 0 Å². The molecule has 4 heteroatoms. The summed E-state index contributed by atoms with van der Waals surface area (Å²) in [5.41, 5.74) is 8.16. The van der Waals surface area contributed by atoms with Crippen LogP contribution in [0.1, 0.15) is 94.9 Å². The SMILES string of the molecule is C\C(C=C=C1C(C)(C)C[C@@H](O)C[C@]1(C)O)=C/C=C/C(C)=C/C=C/C=C(C)/C=C/C=C(\C)[C@H]1C=C2C(C)(C)C[C@H](O)C[C@@]2(C)O1. The van der Waals surface area contributed by atoms with Crippen molar-refractivity contribution in [2.75, 3.05) is 0 Å². The Hall–Kier alpha value is -2.72. The van der Waals surface area contributed by atoms with Gasteiger partial charge in [0.15, 0.2) is 0 Å². The Morgan fingerprint density at radius 1 is 0.727 bits per heavy atom. The average molecular weight is 601 g/mol. The van der Waals surface area contributed by atoms with E-state index < -0.39 is 17.3 Å². The fourth-order valence-electron chi connectivity index (χ4n) is 7.21. The van der Waals surface area contributed by atoms with E-state index in [1.807, 2.05) is 37.3 Å². The summed E-state index contributed by atoms with van der Waals surface area (Å²) in [7, 11) is 0. The Labute approximate surface area is 267 Å². The molecule has 0 aromatic carbocycles. The summed E-state index contributed by atoms with van der Waals surface area (Å²) in [6, 6.07) is 0. The molecule has 1 heterocycles. The molecule has 2 saturated carbocycles. The van der Waals surface area contributed by atoms with E-state index in [9.17, 15) is 15.3 Å². The van der Waals surface area contributed by atoms with Crippen molar-refractivity contribution in [3.8, 4) is 0 Å². The van der Waals surface area contributed by atoms with Crippen LogP contribution in [0.15, 0.2) is 112 Å². The molecule has 0 aromatic heterocycles. The van der Waals surface area contributed by atoms with Crippen LogP contribution in [-0.2, 0) is 4.74 Å². The normalized spacial score (nSPS) is 33.2. The molecule has 3 rings (SSSR count). The molecule has 240 valence electrons. The summed E-state index contributed by atoms with van der Waals surface area (Å²) < 4.78 is 6.46. The lowest BCUT2D eigenvalue weighted by Crippen LogP contribution is -2.45. The highest BCUT2D eigenvalue weighted by atomic mass is 16.5. The molecule has 5 atom stereocenters. The van der Waals surface area contributed by atoms with E-state index >= 15 is 0 Å². The van der Waals surface area contributed by atoms with Crippen LogP contribution in [0, 0.1) is 10.8 Å². The smallest absolute Gasteiger partial charge is 0.0982 e. The Balaban J connectivity index is 1.56. The van der Waals surface area contributed by atoms with E-state index in [4.69, 9.17) is 4.74 Å². The first-order valence-electron chi connectivity index (χ1n) is 16.0. The molecule has 2 aliphatic carbocycles. The Morgan fingerprint density at radius 3 is 1.84 bits per heavy atom. The number of rotatable bonds is 8. The molecule has 3 aliphatic rings. The molecule has 0 aromatic rings. The summed E-state index contributed by atoms with van der Waals surface area (Å²) >= 11 is 0. The monoisotopic (exact) mass is 600 g/mol. The topological polar surface area (TPSA) is 69.9 Å². The van der Waals surface area contributed by atoms with Gasteiger partial charge in [0, 0.05) is 18.4 Å². The molecule has 0 radical (unpaired) electrons. The minimum absolute atomic E-state index is 0.0566. The first-order valence-corrected chi connectivity index (χ1v) is 16.0. The highest BCUT2D eigenvalue weighted by Gasteiger charge is 2.50. The van der Waals surface area contributed by atoms with Crippen molar-refractivity contribution < 1.29 is 20.1 Å². The van der Waals surface area contributed by atoms with Crippen molar-refractivity contribution in [2.24, 2.45) is 10.8 Å². The number of hydrogen-bond acceptors (Lipinski definition) is 4. The van der Waals surface area contributed by atoms with Gasteiger partial charge in [-0.25, -0.2) is 0 Å². The maximum Gasteiger partial charge on any atom is 0.0982 e. The second-order valence-corrected chi connectivity index (χ2v) is 14.9. The third-order valence-corrected chi connectivity index (χ3v) is 9.13. The van der Waals surface area contributed by atoms with Crippen molar-refractivity contribution >= 4 is 0 Å². The second-order valence-electron chi connectivity index (χ2n) is 14.9. The highest BCUT2D eigenvalue weighted by Crippen LogP contribution is 2.52. The average Bonchev–Trinajstić information content (AvgIpc) is 3.22. The van der Waals surface area contributed by atoms with Gasteiger partial charge in [-0.2, -0.15) is 0 Å². The summed E-state index contributed by atoms with van der Waals surface area (Å²) in [4.78, 5) is 0. The standard InChI is InChI=1S/C40H56O4/c1-28(17-13-18-30(3)21-22-35-37(5,6)24-32(41)26-39(35,9)43)15-11-12-16-29(2)19-14-20-31(4)34-23-36-38(7,8)25-33(42)27-40(36,10)44-34/h11-21,23,32-34,41-43H,24-27H2,1-10H3/b12-11+,17-13+,19-14+,28-15+,29-16+,30-18+,31-20+/t22?,32-,33+,34-,39+,40-/m1/s1. The van der Waals surface area contributed by atoms with E-state index in [-0.39, 0.29) is 23.0 Å². The minimum Gasteiger partial charge on any atom is -0.393 e. The van der Waals surface area contributed by atoms with E-state index in [1.165, 1.54) is 5.57 Å². The van der Waals surface area contributed by atoms with Crippen LogP contribution in [0.3, 0.4) is 0 Å². The number of aliphatic hydroxyl groups is 3. The van der Waals surface area contributed by atoms with Gasteiger partial charge in [-0.3, -0.25) is 0 Å². The first-order chi connectivity index (χ1) is 20.3. The Bertz CT molecular complexity index is 1360. The maximum absolute atomic E-state index is 10.9. The molecular formula is C40H56O4. The highest BCUT2D eigenvalue weighted by molar-refractivity contribution is 5.37. The third kappa shape index (κ3) is 9.39. The predicted molar refractivity (Wildman–Crippen MR) is 184 cm³/mol. The zero-order valence-electron chi connectivity index (χ0n) is 28.7. The number of fused-ring (bicyclic) bond motifs is 1. The summed E-state index contributed by atoms with van der Waals surface area (Å²) in [6.07, 6.45) is 26.4. The van der Waals surface area contributed by atoms with E-state index in [2.05, 4.69) is 104 Å². The van der Waals surface area contributed by atoms with E-state index in [1.54, 1.807) is 6.92 Å². The van der Waals surface area contributed by atoms with Crippen LogP contribution in [0.5, 0.6) is 0 Å². The molecule has 0 spiro atoms. The van der Waals surface area contributed by atoms with Crippen LogP contribution in [0.2, 0.25) is 0 Å². The zero-order chi connectivity index (χ0) is 32.9. The zero-order valence-corrected chi connectivity index (χ0v) is 28.7. The number of hydrogen-bond donors (Lipinski definition) is 3. The second kappa shape index (κ2) is 14.1. The van der Waals surface area contributed by atoms with Crippen LogP contribution < -0.4 is 0 Å². The first kappa shape index (κ1) is 35.8. The van der Waals surface area contributed by atoms with Gasteiger partial charge in [-0.15, -0.1) is 5.73 Å². The van der Waals surface area contributed by atoms with Crippen molar-refractivity contribution in [3.63, 3.8) is 0 Å². The molecule has 0 bridgehead atoms. The molecule has 1 aliphatic heterocycles. The van der Waals surface area contributed by atoms with Gasteiger partial charge in [0.05, 0.1) is 29.5 Å². The number of aliphatic hydroxyl groups excluding tert-OH is 2. The van der Waals surface area contributed by atoms with Crippen molar-refractivity contribution in [2.45, 2.75) is 124 Å². The predicted octanol–water partition coefficient (Wildman–Crippen LogP) is 8.72. The van der Waals surface area contributed by atoms with Crippen LogP contribution >= 0.6 is 0 Å². The van der Waals surface area contributed by atoms with Crippen molar-refractivity contribution in [1.29, 1.82) is 0 Å². The minimum atomic E-state index is -1.05. The van der Waals surface area contributed by atoms with Crippen LogP contribution in [0.4, 0.5) is 0 Å². The van der Waals surface area contributed by atoms with Gasteiger partial charge in [0.2, 0.25) is 0 Å². The molecule has 2 fully saturated rings. The largest absolute Gasteiger partial charge is 0.393 e. The fraction of sp³-hybridized carbons (Fsp3) is 0.525. The summed E-state index contributed by atoms with van der Waals surface area (Å²) in [5, 5.41) is 31.4. The summed E-state index contributed by atoms with van der Waals surface area (Å²) in [5.74, 6) is 0. The van der Waals surface area contributed by atoms with Gasteiger partial charge in [-0.1, -0.05) is 99.6 Å². The molecule has 44 heavy (non-hydrogen) atoms. The van der Waals surface area contributed by atoms with E-state index in [0.717, 1.165) is 34.3 Å². The Kier molecular flexibility index (Phi) is 11.5. The molecule has 0 amide bonds. The van der Waals surface area contributed by atoms with Gasteiger partial charge in [0.1, 0.15) is 0 Å². The molecule has 0 saturated heterocycles. The maximum atomic E-state index is 10.9. The molecule has 3 N–H and O–H groups in total.